The second kappa shape index (κ2) is 9.47. The van der Waals surface area contributed by atoms with E-state index in [2.05, 4.69) is 31.4 Å². The molecule has 1 aromatic heterocycles. The van der Waals surface area contributed by atoms with Gasteiger partial charge in [0.1, 0.15) is 11.3 Å². The number of nitro benzene ring substituents is 1. The van der Waals surface area contributed by atoms with Crippen molar-refractivity contribution in [3.05, 3.63) is 90.9 Å². The zero-order chi connectivity index (χ0) is 23.5. The molecular weight excluding hydrogens is 506 g/mol. The van der Waals surface area contributed by atoms with E-state index >= 15 is 0 Å². The SMILES string of the molecule is Cc1ccc(N=C(NN=Cc2c([N+](=O)[O-])ccc(Br)c2O)c2nc3ccccc3s2)c(C)c1. The zero-order valence-electron chi connectivity index (χ0n) is 17.6. The van der Waals surface area contributed by atoms with Gasteiger partial charge in [-0.25, -0.2) is 9.98 Å². The number of nitrogens with zero attached hydrogens (tertiary/aromatic N) is 4. The Hall–Kier alpha value is -3.63. The molecule has 0 aliphatic rings. The summed E-state index contributed by atoms with van der Waals surface area (Å²) < 4.78 is 1.32. The second-order valence-corrected chi connectivity index (χ2v) is 9.08. The lowest BCUT2D eigenvalue weighted by Gasteiger charge is -2.06. The van der Waals surface area contributed by atoms with E-state index in [-0.39, 0.29) is 17.0 Å². The van der Waals surface area contributed by atoms with Gasteiger partial charge in [-0.1, -0.05) is 29.8 Å². The number of hydrazone groups is 1. The van der Waals surface area contributed by atoms with Gasteiger partial charge in [-0.2, -0.15) is 5.10 Å². The average Bonchev–Trinajstić information content (AvgIpc) is 3.21. The predicted molar refractivity (Wildman–Crippen MR) is 135 cm³/mol. The summed E-state index contributed by atoms with van der Waals surface area (Å²) >= 11 is 4.63. The summed E-state index contributed by atoms with van der Waals surface area (Å²) in [5.41, 5.74) is 6.25. The van der Waals surface area contributed by atoms with Crippen LogP contribution >= 0.6 is 27.3 Å². The normalized spacial score (nSPS) is 11.9. The lowest BCUT2D eigenvalue weighted by molar-refractivity contribution is -0.385. The first-order valence-corrected chi connectivity index (χ1v) is 11.4. The summed E-state index contributed by atoms with van der Waals surface area (Å²) in [7, 11) is 0. The van der Waals surface area contributed by atoms with E-state index < -0.39 is 4.92 Å². The maximum Gasteiger partial charge on any atom is 0.282 e. The number of aromatic hydroxyl groups is 1. The molecule has 1 heterocycles. The summed E-state index contributed by atoms with van der Waals surface area (Å²) in [6.45, 7) is 3.98. The first-order chi connectivity index (χ1) is 15.8. The Morgan fingerprint density at radius 1 is 1.21 bits per heavy atom. The van der Waals surface area contributed by atoms with Gasteiger partial charge in [0, 0.05) is 6.07 Å². The van der Waals surface area contributed by atoms with Gasteiger partial charge < -0.3 is 5.11 Å². The van der Waals surface area contributed by atoms with Crippen LogP contribution in [0.2, 0.25) is 0 Å². The van der Waals surface area contributed by atoms with Crippen LogP contribution in [-0.4, -0.2) is 27.1 Å². The van der Waals surface area contributed by atoms with Crippen molar-refractivity contribution in [2.24, 2.45) is 10.1 Å². The van der Waals surface area contributed by atoms with Crippen molar-refractivity contribution >= 4 is 60.9 Å². The number of phenols is 1. The van der Waals surface area contributed by atoms with Crippen LogP contribution in [0.5, 0.6) is 5.75 Å². The molecule has 0 radical (unpaired) electrons. The molecule has 0 aliphatic heterocycles. The molecule has 0 atom stereocenters. The molecule has 0 amide bonds. The third-order valence-corrected chi connectivity index (χ3v) is 6.47. The smallest absolute Gasteiger partial charge is 0.282 e. The Morgan fingerprint density at radius 2 is 2.00 bits per heavy atom. The molecule has 4 rings (SSSR count). The molecule has 0 saturated heterocycles. The van der Waals surface area contributed by atoms with Crippen molar-refractivity contribution in [2.75, 3.05) is 0 Å². The van der Waals surface area contributed by atoms with Crippen molar-refractivity contribution < 1.29 is 10.0 Å². The van der Waals surface area contributed by atoms with E-state index in [4.69, 9.17) is 4.99 Å². The number of thiazole rings is 1. The number of phenolic OH excluding ortho intramolecular Hbond substituents is 1. The Bertz CT molecular complexity index is 1400. The summed E-state index contributed by atoms with van der Waals surface area (Å²) in [6, 6.07) is 16.3. The van der Waals surface area contributed by atoms with Crippen LogP contribution in [0.25, 0.3) is 10.2 Å². The number of benzene rings is 3. The van der Waals surface area contributed by atoms with Gasteiger partial charge in [0.05, 0.1) is 31.5 Å². The number of para-hydroxylation sites is 1. The highest BCUT2D eigenvalue weighted by atomic mass is 79.9. The number of nitro groups is 1. The minimum atomic E-state index is -0.578. The van der Waals surface area contributed by atoms with E-state index in [9.17, 15) is 15.2 Å². The van der Waals surface area contributed by atoms with E-state index in [1.54, 1.807) is 0 Å². The monoisotopic (exact) mass is 523 g/mol. The van der Waals surface area contributed by atoms with Crippen molar-refractivity contribution in [1.82, 2.24) is 10.4 Å². The fourth-order valence-electron chi connectivity index (χ4n) is 3.16. The molecule has 4 aromatic rings. The molecule has 0 unspecified atom stereocenters. The highest BCUT2D eigenvalue weighted by molar-refractivity contribution is 9.10. The lowest BCUT2D eigenvalue weighted by atomic mass is 10.1. The Kier molecular flexibility index (Phi) is 6.47. The standard InChI is InChI=1S/C23H18BrN5O3S/c1-13-7-9-17(14(2)11-13)26-22(23-27-18-5-3-4-6-20(18)33-23)28-25-12-15-19(29(31)32)10-8-16(24)21(15)30/h3-12,30H,1-2H3,(H,26,28). The van der Waals surface area contributed by atoms with Gasteiger partial charge in [0.15, 0.2) is 10.8 Å². The van der Waals surface area contributed by atoms with Crippen LogP contribution in [0.4, 0.5) is 11.4 Å². The summed E-state index contributed by atoms with van der Waals surface area (Å²) in [5, 5.41) is 26.4. The maximum absolute atomic E-state index is 11.4. The topological polar surface area (TPSA) is 113 Å². The van der Waals surface area contributed by atoms with Crippen LogP contribution in [0, 0.1) is 24.0 Å². The minimum Gasteiger partial charge on any atom is -0.506 e. The van der Waals surface area contributed by atoms with Gasteiger partial charge in [0.2, 0.25) is 0 Å². The molecule has 3 aromatic carbocycles. The molecule has 0 aliphatic carbocycles. The van der Waals surface area contributed by atoms with Gasteiger partial charge in [-0.3, -0.25) is 15.5 Å². The van der Waals surface area contributed by atoms with Gasteiger partial charge in [-0.15, -0.1) is 11.3 Å². The van der Waals surface area contributed by atoms with Crippen LogP contribution < -0.4 is 5.43 Å². The first-order valence-electron chi connectivity index (χ1n) is 9.80. The molecule has 0 bridgehead atoms. The number of fused-ring (bicyclic) bond motifs is 1. The van der Waals surface area contributed by atoms with Crippen LogP contribution in [0.15, 0.2) is 69.2 Å². The number of amidine groups is 1. The van der Waals surface area contributed by atoms with Crippen LogP contribution in [0.3, 0.4) is 0 Å². The number of hydrogen-bond acceptors (Lipinski definition) is 7. The fourth-order valence-corrected chi connectivity index (χ4v) is 4.41. The highest BCUT2D eigenvalue weighted by Gasteiger charge is 2.19. The minimum absolute atomic E-state index is 0.0305. The van der Waals surface area contributed by atoms with Gasteiger partial charge in [-0.05, 0) is 59.6 Å². The molecular formula is C23H18BrN5O3S. The number of nitrogens with one attached hydrogen (secondary N) is 1. The number of halogens is 1. The van der Waals surface area contributed by atoms with Gasteiger partial charge >= 0.3 is 0 Å². The van der Waals surface area contributed by atoms with E-state index in [1.807, 2.05) is 56.3 Å². The Morgan fingerprint density at radius 3 is 2.73 bits per heavy atom. The number of hydrogen-bond donors (Lipinski definition) is 2. The van der Waals surface area contributed by atoms with E-state index in [0.717, 1.165) is 27.0 Å². The Balaban J connectivity index is 1.76. The van der Waals surface area contributed by atoms with Crippen molar-refractivity contribution in [2.45, 2.75) is 13.8 Å². The summed E-state index contributed by atoms with van der Waals surface area (Å²) in [5.74, 6) is 0.110. The number of aryl methyl sites for hydroxylation is 2. The summed E-state index contributed by atoms with van der Waals surface area (Å²) in [4.78, 5) is 20.2. The summed E-state index contributed by atoms with van der Waals surface area (Å²) in [6.07, 6.45) is 1.20. The predicted octanol–water partition coefficient (Wildman–Crippen LogP) is 5.99. The van der Waals surface area contributed by atoms with Crippen LogP contribution in [0.1, 0.15) is 21.7 Å². The van der Waals surface area contributed by atoms with E-state index in [1.165, 1.54) is 29.7 Å². The van der Waals surface area contributed by atoms with Crippen molar-refractivity contribution in [3.63, 3.8) is 0 Å². The highest BCUT2D eigenvalue weighted by Crippen LogP contribution is 2.33. The molecule has 33 heavy (non-hydrogen) atoms. The molecule has 8 nitrogen and oxygen atoms in total. The molecule has 0 spiro atoms. The third kappa shape index (κ3) is 4.91. The molecule has 10 heteroatoms. The van der Waals surface area contributed by atoms with E-state index in [0.29, 0.717) is 15.3 Å². The molecule has 0 fully saturated rings. The fraction of sp³-hybridized carbons (Fsp3) is 0.0870. The van der Waals surface area contributed by atoms with Crippen molar-refractivity contribution in [1.29, 1.82) is 0 Å². The molecule has 0 saturated carbocycles. The quantitative estimate of drug-likeness (QED) is 0.144. The average molecular weight is 524 g/mol. The number of aliphatic imine (C=N–C) groups is 1. The second-order valence-electron chi connectivity index (χ2n) is 7.19. The van der Waals surface area contributed by atoms with Crippen molar-refractivity contribution in [3.8, 4) is 5.75 Å². The zero-order valence-corrected chi connectivity index (χ0v) is 20.0. The third-order valence-electron chi connectivity index (χ3n) is 4.79. The lowest BCUT2D eigenvalue weighted by Crippen LogP contribution is -2.19. The van der Waals surface area contributed by atoms with Crippen LogP contribution in [-0.2, 0) is 0 Å². The molecule has 166 valence electrons. The molecule has 2 N–H and O–H groups in total. The Labute approximate surface area is 201 Å². The first kappa shape index (κ1) is 22.6. The number of aromatic nitrogens is 1. The number of rotatable bonds is 5. The maximum atomic E-state index is 11.4. The largest absolute Gasteiger partial charge is 0.506 e. The van der Waals surface area contributed by atoms with Gasteiger partial charge in [0.25, 0.3) is 5.69 Å².